The fourth-order valence-corrected chi connectivity index (χ4v) is 3.31. The van der Waals surface area contributed by atoms with Crippen molar-refractivity contribution in [3.8, 4) is 11.4 Å². The molecule has 4 rings (SSSR count). The van der Waals surface area contributed by atoms with Gasteiger partial charge in [0.2, 0.25) is 0 Å². The maximum Gasteiger partial charge on any atom is 0.157 e. The molecule has 0 radical (unpaired) electrons. The van der Waals surface area contributed by atoms with Crippen molar-refractivity contribution in [1.29, 1.82) is 0 Å². The van der Waals surface area contributed by atoms with Crippen molar-refractivity contribution < 1.29 is 9.53 Å². The van der Waals surface area contributed by atoms with E-state index in [1.807, 2.05) is 19.3 Å². The number of likely N-dealkylation sites (tertiary alicyclic amines) is 1. The number of quaternary nitrogens is 1. The summed E-state index contributed by atoms with van der Waals surface area (Å²) >= 11 is 0. The second-order valence-corrected chi connectivity index (χ2v) is 5.81. The number of imidazole rings is 1. The molecule has 1 aliphatic heterocycles. The van der Waals surface area contributed by atoms with Crippen LogP contribution < -0.4 is 4.90 Å². The molecule has 1 N–H and O–H groups in total. The third-order valence-electron chi connectivity index (χ3n) is 4.44. The maximum absolute atomic E-state index is 4.79. The Morgan fingerprint density at radius 2 is 2.29 bits per heavy atom. The number of aromatic nitrogens is 4. The van der Waals surface area contributed by atoms with Crippen LogP contribution >= 0.6 is 0 Å². The lowest BCUT2D eigenvalue weighted by Crippen LogP contribution is -3.07. The lowest BCUT2D eigenvalue weighted by molar-refractivity contribution is -0.898. The smallest absolute Gasteiger partial charge is 0.157 e. The summed E-state index contributed by atoms with van der Waals surface area (Å²) in [6, 6.07) is 4.81. The van der Waals surface area contributed by atoms with Gasteiger partial charge in [-0.25, -0.2) is 9.61 Å². The van der Waals surface area contributed by atoms with Crippen LogP contribution in [0, 0.1) is 6.92 Å². The second-order valence-electron chi connectivity index (χ2n) is 5.81. The molecule has 0 bridgehead atoms. The van der Waals surface area contributed by atoms with Crippen LogP contribution in [-0.2, 0) is 0 Å². The van der Waals surface area contributed by atoms with E-state index >= 15 is 0 Å². The maximum atomic E-state index is 4.79. The first kappa shape index (κ1) is 12.5. The number of aryl methyl sites for hydroxylation is 1. The van der Waals surface area contributed by atoms with Gasteiger partial charge in [0, 0.05) is 25.2 Å². The molecule has 3 aromatic rings. The fraction of sp³-hybridized carbons (Fsp3) is 0.400. The SMILES string of the molecule is Cc1nonc1-c1cn2cccc([C@H]3CCC[NH+]3C)c2n1. The van der Waals surface area contributed by atoms with Crippen molar-refractivity contribution in [3.05, 3.63) is 35.8 Å². The number of hydrogen-bond donors (Lipinski definition) is 1. The summed E-state index contributed by atoms with van der Waals surface area (Å²) < 4.78 is 6.86. The summed E-state index contributed by atoms with van der Waals surface area (Å²) in [4.78, 5) is 6.34. The zero-order valence-corrected chi connectivity index (χ0v) is 12.2. The zero-order valence-electron chi connectivity index (χ0n) is 12.2. The largest absolute Gasteiger partial charge is 0.331 e. The molecule has 6 heteroatoms. The molecule has 6 nitrogen and oxygen atoms in total. The molecule has 1 fully saturated rings. The van der Waals surface area contributed by atoms with Crippen LogP contribution in [-0.4, -0.2) is 33.3 Å². The monoisotopic (exact) mass is 284 g/mol. The minimum Gasteiger partial charge on any atom is -0.331 e. The molecule has 2 atom stereocenters. The number of fused-ring (bicyclic) bond motifs is 1. The van der Waals surface area contributed by atoms with Gasteiger partial charge in [-0.1, -0.05) is 5.16 Å². The van der Waals surface area contributed by atoms with E-state index in [0.29, 0.717) is 6.04 Å². The van der Waals surface area contributed by atoms with E-state index < -0.39 is 0 Å². The number of pyridine rings is 1. The van der Waals surface area contributed by atoms with Crippen LogP contribution in [0.2, 0.25) is 0 Å². The first-order valence-electron chi connectivity index (χ1n) is 7.33. The summed E-state index contributed by atoms with van der Waals surface area (Å²) in [6.45, 7) is 3.11. The Hall–Kier alpha value is -2.21. The van der Waals surface area contributed by atoms with Gasteiger partial charge in [-0.15, -0.1) is 0 Å². The molecule has 0 aliphatic carbocycles. The summed E-state index contributed by atoms with van der Waals surface area (Å²) in [5.41, 5.74) is 4.63. The van der Waals surface area contributed by atoms with E-state index in [2.05, 4.69) is 33.9 Å². The Kier molecular flexibility index (Phi) is 2.78. The highest BCUT2D eigenvalue weighted by molar-refractivity contribution is 5.62. The summed E-state index contributed by atoms with van der Waals surface area (Å²) in [5, 5.41) is 7.79. The van der Waals surface area contributed by atoms with Crippen molar-refractivity contribution in [2.75, 3.05) is 13.6 Å². The zero-order chi connectivity index (χ0) is 14.4. The number of hydrogen-bond acceptors (Lipinski definition) is 4. The molecule has 1 saturated heterocycles. The van der Waals surface area contributed by atoms with E-state index in [-0.39, 0.29) is 0 Å². The highest BCUT2D eigenvalue weighted by atomic mass is 16.6. The van der Waals surface area contributed by atoms with Crippen molar-refractivity contribution in [3.63, 3.8) is 0 Å². The molecule has 1 aliphatic rings. The second kappa shape index (κ2) is 4.66. The molecule has 0 saturated carbocycles. The first-order valence-corrected chi connectivity index (χ1v) is 7.33. The van der Waals surface area contributed by atoms with Crippen LogP contribution in [0.3, 0.4) is 0 Å². The van der Waals surface area contributed by atoms with E-state index in [1.165, 1.54) is 24.9 Å². The Balaban J connectivity index is 1.86. The van der Waals surface area contributed by atoms with Gasteiger partial charge in [-0.2, -0.15) is 0 Å². The van der Waals surface area contributed by atoms with E-state index in [4.69, 9.17) is 9.61 Å². The fourth-order valence-electron chi connectivity index (χ4n) is 3.31. The Labute approximate surface area is 122 Å². The van der Waals surface area contributed by atoms with Crippen LogP contribution in [0.1, 0.15) is 30.1 Å². The third kappa shape index (κ3) is 1.94. The molecule has 4 heterocycles. The summed E-state index contributed by atoms with van der Waals surface area (Å²) in [6.07, 6.45) is 6.52. The predicted octanol–water partition coefficient (Wildman–Crippen LogP) is 1.04. The Bertz CT molecular complexity index is 790. The Morgan fingerprint density at radius 1 is 1.38 bits per heavy atom. The van der Waals surface area contributed by atoms with E-state index in [9.17, 15) is 0 Å². The van der Waals surface area contributed by atoms with Gasteiger partial charge in [0.15, 0.2) is 5.69 Å². The van der Waals surface area contributed by atoms with Crippen LogP contribution in [0.25, 0.3) is 17.0 Å². The average Bonchev–Trinajstić information content (AvgIpc) is 3.16. The van der Waals surface area contributed by atoms with Crippen molar-refractivity contribution in [2.45, 2.75) is 25.8 Å². The lowest BCUT2D eigenvalue weighted by Gasteiger charge is -2.17. The first-order chi connectivity index (χ1) is 10.2. The van der Waals surface area contributed by atoms with Gasteiger partial charge >= 0.3 is 0 Å². The predicted molar refractivity (Wildman–Crippen MR) is 76.9 cm³/mol. The normalized spacial score (nSPS) is 22.2. The van der Waals surface area contributed by atoms with Gasteiger partial charge < -0.3 is 9.30 Å². The molecular formula is C15H18N5O+. The van der Waals surface area contributed by atoms with Gasteiger partial charge in [-0.05, 0) is 24.2 Å². The lowest BCUT2D eigenvalue weighted by atomic mass is 10.1. The quantitative estimate of drug-likeness (QED) is 0.764. The molecule has 0 amide bonds. The number of nitrogens with zero attached hydrogens (tertiary/aromatic N) is 4. The molecule has 108 valence electrons. The molecule has 21 heavy (non-hydrogen) atoms. The van der Waals surface area contributed by atoms with Gasteiger partial charge in [-0.3, -0.25) is 0 Å². The highest BCUT2D eigenvalue weighted by Crippen LogP contribution is 2.26. The number of rotatable bonds is 2. The van der Waals surface area contributed by atoms with E-state index in [0.717, 1.165) is 22.7 Å². The minimum atomic E-state index is 0.528. The molecule has 1 unspecified atom stereocenters. The van der Waals surface area contributed by atoms with Crippen LogP contribution in [0.4, 0.5) is 0 Å². The molecule has 3 aromatic heterocycles. The average molecular weight is 284 g/mol. The van der Waals surface area contributed by atoms with Gasteiger partial charge in [0.25, 0.3) is 0 Å². The van der Waals surface area contributed by atoms with Gasteiger partial charge in [0.05, 0.1) is 19.2 Å². The highest BCUT2D eigenvalue weighted by Gasteiger charge is 2.29. The topological polar surface area (TPSA) is 60.7 Å². The standard InChI is InChI=1S/C15H17N5O/c1-10-14(18-21-17-10)12-9-20-8-3-5-11(15(20)16-12)13-6-4-7-19(13)2/h3,5,8-9,13H,4,6-7H2,1-2H3/p+1/t13-/m1/s1. The summed E-state index contributed by atoms with van der Waals surface area (Å²) in [7, 11) is 2.26. The van der Waals surface area contributed by atoms with Crippen LogP contribution in [0.5, 0.6) is 0 Å². The number of nitrogens with one attached hydrogen (secondary N) is 1. The molecule has 0 aromatic carbocycles. The van der Waals surface area contributed by atoms with Crippen LogP contribution in [0.15, 0.2) is 29.2 Å². The third-order valence-corrected chi connectivity index (χ3v) is 4.44. The van der Waals surface area contributed by atoms with Crippen molar-refractivity contribution >= 4 is 5.65 Å². The summed E-state index contributed by atoms with van der Waals surface area (Å²) in [5.74, 6) is 0. The van der Waals surface area contributed by atoms with E-state index in [1.54, 1.807) is 4.90 Å². The van der Waals surface area contributed by atoms with Crippen molar-refractivity contribution in [2.24, 2.45) is 0 Å². The van der Waals surface area contributed by atoms with Crippen molar-refractivity contribution in [1.82, 2.24) is 19.7 Å². The molecular weight excluding hydrogens is 266 g/mol. The molecule has 0 spiro atoms. The minimum absolute atomic E-state index is 0.528. The van der Waals surface area contributed by atoms with Gasteiger partial charge in [0.1, 0.15) is 23.1 Å². The Morgan fingerprint density at radius 3 is 3.00 bits per heavy atom.